The van der Waals surface area contributed by atoms with Gasteiger partial charge in [-0.05, 0) is 18.6 Å². The van der Waals surface area contributed by atoms with Gasteiger partial charge in [0.15, 0.2) is 0 Å². The molecular weight excluding hydrogens is 242 g/mol. The molecule has 0 saturated heterocycles. The van der Waals surface area contributed by atoms with E-state index < -0.39 is 11.4 Å². The molecule has 0 radical (unpaired) electrons. The lowest BCUT2D eigenvalue weighted by atomic mass is 10.1. The van der Waals surface area contributed by atoms with Crippen LogP contribution >= 0.6 is 11.6 Å². The number of nitrogens with one attached hydrogen (secondary N) is 1. The molecule has 1 N–H and O–H groups in total. The van der Waals surface area contributed by atoms with Gasteiger partial charge in [-0.25, -0.2) is 4.79 Å². The highest BCUT2D eigenvalue weighted by Gasteiger charge is 2.15. The number of aromatic amines is 1. The minimum atomic E-state index is -0.675. The molecule has 2 rings (SSSR count). The standard InChI is InChI=1S/C12H10ClNO3/c1-6-3-4-8(13)9-10(6)14-5-7(11(9)15)12(16)17-2/h3-5H,1-2H3,(H,14,15). The Hall–Kier alpha value is -1.81. The van der Waals surface area contributed by atoms with Gasteiger partial charge in [0.05, 0.1) is 23.0 Å². The van der Waals surface area contributed by atoms with Gasteiger partial charge in [-0.15, -0.1) is 0 Å². The lowest BCUT2D eigenvalue weighted by molar-refractivity contribution is 0.0599. The third kappa shape index (κ3) is 1.80. The van der Waals surface area contributed by atoms with Crippen molar-refractivity contribution in [1.82, 2.24) is 4.98 Å². The monoisotopic (exact) mass is 251 g/mol. The number of esters is 1. The van der Waals surface area contributed by atoms with E-state index in [-0.39, 0.29) is 5.56 Å². The highest BCUT2D eigenvalue weighted by Crippen LogP contribution is 2.22. The number of hydrogen-bond acceptors (Lipinski definition) is 3. The Morgan fingerprint density at radius 3 is 2.76 bits per heavy atom. The molecule has 17 heavy (non-hydrogen) atoms. The van der Waals surface area contributed by atoms with E-state index in [1.54, 1.807) is 12.1 Å². The molecule has 0 saturated carbocycles. The van der Waals surface area contributed by atoms with Gasteiger partial charge in [-0.3, -0.25) is 4.79 Å². The second kappa shape index (κ2) is 4.22. The van der Waals surface area contributed by atoms with E-state index in [0.717, 1.165) is 5.56 Å². The highest BCUT2D eigenvalue weighted by molar-refractivity contribution is 6.35. The van der Waals surface area contributed by atoms with Gasteiger partial charge in [-0.2, -0.15) is 0 Å². The molecule has 0 aliphatic rings. The maximum absolute atomic E-state index is 12.1. The van der Waals surface area contributed by atoms with Gasteiger partial charge < -0.3 is 9.72 Å². The smallest absolute Gasteiger partial charge is 0.343 e. The van der Waals surface area contributed by atoms with Crippen molar-refractivity contribution >= 4 is 28.5 Å². The molecule has 0 amide bonds. The molecule has 0 fully saturated rings. The summed E-state index contributed by atoms with van der Waals surface area (Å²) >= 11 is 5.98. The number of benzene rings is 1. The summed E-state index contributed by atoms with van der Waals surface area (Å²) in [5, 5.41) is 0.632. The van der Waals surface area contributed by atoms with E-state index in [0.29, 0.717) is 15.9 Å². The number of rotatable bonds is 1. The van der Waals surface area contributed by atoms with Crippen molar-refractivity contribution in [2.45, 2.75) is 6.92 Å². The summed E-state index contributed by atoms with van der Waals surface area (Å²) in [4.78, 5) is 26.4. The van der Waals surface area contributed by atoms with Crippen LogP contribution in [0.2, 0.25) is 5.02 Å². The number of carbonyl (C=O) groups excluding carboxylic acids is 1. The van der Waals surface area contributed by atoms with E-state index in [1.807, 2.05) is 6.92 Å². The number of fused-ring (bicyclic) bond motifs is 1. The maximum Gasteiger partial charge on any atom is 0.343 e. The minimum absolute atomic E-state index is 0.0486. The number of methoxy groups -OCH3 is 1. The van der Waals surface area contributed by atoms with Crippen LogP contribution in [0, 0.1) is 6.92 Å². The van der Waals surface area contributed by atoms with Crippen LogP contribution in [0.15, 0.2) is 23.1 Å². The molecule has 0 atom stereocenters. The van der Waals surface area contributed by atoms with Crippen molar-refractivity contribution in [2.75, 3.05) is 7.11 Å². The first-order valence-electron chi connectivity index (χ1n) is 4.95. The number of ether oxygens (including phenoxy) is 1. The van der Waals surface area contributed by atoms with Crippen molar-refractivity contribution in [1.29, 1.82) is 0 Å². The number of aromatic nitrogens is 1. The topological polar surface area (TPSA) is 59.2 Å². The van der Waals surface area contributed by atoms with Crippen molar-refractivity contribution in [3.63, 3.8) is 0 Å². The number of halogens is 1. The van der Waals surface area contributed by atoms with Crippen molar-refractivity contribution in [2.24, 2.45) is 0 Å². The number of aryl methyl sites for hydroxylation is 1. The van der Waals surface area contributed by atoms with Gasteiger partial charge in [0.2, 0.25) is 5.43 Å². The molecule has 0 spiro atoms. The fraction of sp³-hybridized carbons (Fsp3) is 0.167. The Labute approximate surface area is 102 Å². The highest BCUT2D eigenvalue weighted by atomic mass is 35.5. The van der Waals surface area contributed by atoms with Crippen LogP contribution < -0.4 is 5.43 Å². The summed E-state index contributed by atoms with van der Waals surface area (Å²) in [6, 6.07) is 3.44. The van der Waals surface area contributed by atoms with Gasteiger partial charge in [0, 0.05) is 6.20 Å². The second-order valence-electron chi connectivity index (χ2n) is 3.64. The first kappa shape index (κ1) is 11.7. The summed E-state index contributed by atoms with van der Waals surface area (Å²) in [7, 11) is 1.23. The first-order valence-corrected chi connectivity index (χ1v) is 5.33. The van der Waals surface area contributed by atoms with Crippen LogP contribution in [0.3, 0.4) is 0 Å². The van der Waals surface area contributed by atoms with E-state index >= 15 is 0 Å². The minimum Gasteiger partial charge on any atom is -0.465 e. The van der Waals surface area contributed by atoms with E-state index in [1.165, 1.54) is 13.3 Å². The third-order valence-electron chi connectivity index (χ3n) is 2.60. The van der Waals surface area contributed by atoms with Crippen LogP contribution in [-0.4, -0.2) is 18.1 Å². The fourth-order valence-electron chi connectivity index (χ4n) is 1.70. The van der Waals surface area contributed by atoms with Crippen LogP contribution in [0.4, 0.5) is 0 Å². The largest absolute Gasteiger partial charge is 0.465 e. The maximum atomic E-state index is 12.1. The normalized spacial score (nSPS) is 10.5. The summed E-state index contributed by atoms with van der Waals surface area (Å²) in [6.45, 7) is 1.85. The molecule has 0 bridgehead atoms. The molecule has 0 unspecified atom stereocenters. The molecule has 0 aliphatic heterocycles. The van der Waals surface area contributed by atoms with Crippen molar-refractivity contribution < 1.29 is 9.53 Å². The third-order valence-corrected chi connectivity index (χ3v) is 2.92. The molecular formula is C12H10ClNO3. The Morgan fingerprint density at radius 2 is 2.12 bits per heavy atom. The average molecular weight is 252 g/mol. The zero-order chi connectivity index (χ0) is 12.6. The summed E-state index contributed by atoms with van der Waals surface area (Å²) in [5.74, 6) is -0.675. The molecule has 4 nitrogen and oxygen atoms in total. The van der Waals surface area contributed by atoms with Crippen LogP contribution in [0.5, 0.6) is 0 Å². The number of hydrogen-bond donors (Lipinski definition) is 1. The predicted molar refractivity (Wildman–Crippen MR) is 65.7 cm³/mol. The van der Waals surface area contributed by atoms with Gasteiger partial charge >= 0.3 is 5.97 Å². The zero-order valence-corrected chi connectivity index (χ0v) is 10.1. The molecule has 0 aliphatic carbocycles. The quantitative estimate of drug-likeness (QED) is 0.791. The van der Waals surface area contributed by atoms with E-state index in [2.05, 4.69) is 9.72 Å². The number of carbonyl (C=O) groups is 1. The summed E-state index contributed by atoms with van der Waals surface area (Å²) < 4.78 is 4.53. The Bertz CT molecular complexity index is 661. The van der Waals surface area contributed by atoms with Gasteiger partial charge in [-0.1, -0.05) is 17.7 Å². The molecule has 1 aromatic heterocycles. The fourth-order valence-corrected chi connectivity index (χ4v) is 1.94. The molecule has 1 heterocycles. The lowest BCUT2D eigenvalue weighted by Gasteiger charge is -2.05. The first-order chi connectivity index (χ1) is 8.06. The van der Waals surface area contributed by atoms with Gasteiger partial charge in [0.1, 0.15) is 5.56 Å². The van der Waals surface area contributed by atoms with Crippen LogP contribution in [0.1, 0.15) is 15.9 Å². The zero-order valence-electron chi connectivity index (χ0n) is 9.33. The van der Waals surface area contributed by atoms with Crippen LogP contribution in [0.25, 0.3) is 10.9 Å². The molecule has 2 aromatic rings. The van der Waals surface area contributed by atoms with E-state index in [9.17, 15) is 9.59 Å². The predicted octanol–water partition coefficient (Wildman–Crippen LogP) is 2.28. The number of H-pyrrole nitrogens is 1. The molecule has 88 valence electrons. The van der Waals surface area contributed by atoms with Gasteiger partial charge in [0.25, 0.3) is 0 Å². The Balaban J connectivity index is 2.89. The second-order valence-corrected chi connectivity index (χ2v) is 4.04. The Morgan fingerprint density at radius 1 is 1.41 bits per heavy atom. The average Bonchev–Trinajstić information content (AvgIpc) is 2.33. The number of pyridine rings is 1. The lowest BCUT2D eigenvalue weighted by Crippen LogP contribution is -2.17. The SMILES string of the molecule is COC(=O)c1c[nH]c2c(C)ccc(Cl)c2c1=O. The summed E-state index contributed by atoms with van der Waals surface area (Å²) in [5.41, 5.74) is 1.06. The van der Waals surface area contributed by atoms with Crippen molar-refractivity contribution in [3.05, 3.63) is 44.7 Å². The molecule has 5 heteroatoms. The van der Waals surface area contributed by atoms with E-state index in [4.69, 9.17) is 11.6 Å². The summed E-state index contributed by atoms with van der Waals surface area (Å²) in [6.07, 6.45) is 1.35. The van der Waals surface area contributed by atoms with Crippen LogP contribution in [-0.2, 0) is 4.74 Å². The Kier molecular flexibility index (Phi) is 2.90. The van der Waals surface area contributed by atoms with Crippen molar-refractivity contribution in [3.8, 4) is 0 Å². The molecule has 1 aromatic carbocycles.